The Morgan fingerprint density at radius 1 is 1.22 bits per heavy atom. The summed E-state index contributed by atoms with van der Waals surface area (Å²) < 4.78 is 0. The Morgan fingerprint density at radius 3 is 2.39 bits per heavy atom. The van der Waals surface area contributed by atoms with E-state index in [1.807, 2.05) is 26.8 Å². The first-order valence-corrected chi connectivity index (χ1v) is 6.48. The van der Waals surface area contributed by atoms with Gasteiger partial charge in [-0.15, -0.1) is 0 Å². The van der Waals surface area contributed by atoms with E-state index < -0.39 is 0 Å². The summed E-state index contributed by atoms with van der Waals surface area (Å²) in [7, 11) is 0. The van der Waals surface area contributed by atoms with E-state index in [-0.39, 0.29) is 11.9 Å². The Balaban J connectivity index is 2.82. The lowest BCUT2D eigenvalue weighted by Crippen LogP contribution is -2.34. The van der Waals surface area contributed by atoms with E-state index >= 15 is 0 Å². The minimum Gasteiger partial charge on any atom is -0.398 e. The minimum atomic E-state index is -0.0349. The van der Waals surface area contributed by atoms with Crippen molar-refractivity contribution in [2.45, 2.75) is 47.1 Å². The third-order valence-electron chi connectivity index (χ3n) is 3.06. The highest BCUT2D eigenvalue weighted by Gasteiger charge is 2.14. The Morgan fingerprint density at radius 2 is 1.83 bits per heavy atom. The molecule has 0 radical (unpaired) electrons. The van der Waals surface area contributed by atoms with Crippen LogP contribution in [0.15, 0.2) is 12.1 Å². The second-order valence-electron chi connectivity index (χ2n) is 5.53. The van der Waals surface area contributed by atoms with E-state index in [0.29, 0.717) is 17.2 Å². The van der Waals surface area contributed by atoms with Crippen molar-refractivity contribution in [2.75, 3.05) is 5.73 Å². The largest absolute Gasteiger partial charge is 0.398 e. The molecule has 100 valence electrons. The van der Waals surface area contributed by atoms with Crippen LogP contribution in [0.25, 0.3) is 0 Å². The fourth-order valence-electron chi connectivity index (χ4n) is 2.18. The summed E-state index contributed by atoms with van der Waals surface area (Å²) >= 11 is 0. The molecule has 0 aliphatic carbocycles. The van der Waals surface area contributed by atoms with Crippen LogP contribution in [0.5, 0.6) is 0 Å². The maximum atomic E-state index is 12.2. The van der Waals surface area contributed by atoms with Crippen molar-refractivity contribution in [1.82, 2.24) is 5.32 Å². The third-order valence-corrected chi connectivity index (χ3v) is 3.06. The lowest BCUT2D eigenvalue weighted by atomic mass is 10.0. The average molecular weight is 248 g/mol. The number of carbonyl (C=O) groups is 1. The summed E-state index contributed by atoms with van der Waals surface area (Å²) in [6.45, 7) is 10.2. The van der Waals surface area contributed by atoms with Gasteiger partial charge in [0.1, 0.15) is 0 Å². The van der Waals surface area contributed by atoms with Crippen LogP contribution in [0.3, 0.4) is 0 Å². The molecule has 3 heteroatoms. The van der Waals surface area contributed by atoms with Crippen LogP contribution < -0.4 is 11.1 Å². The molecule has 0 heterocycles. The molecule has 3 nitrogen and oxygen atoms in total. The first kappa shape index (κ1) is 14.6. The van der Waals surface area contributed by atoms with E-state index in [2.05, 4.69) is 19.2 Å². The van der Waals surface area contributed by atoms with E-state index in [0.717, 1.165) is 17.5 Å². The summed E-state index contributed by atoms with van der Waals surface area (Å²) in [5.41, 5.74) is 9.18. The van der Waals surface area contributed by atoms with Crippen LogP contribution in [0.1, 0.15) is 48.7 Å². The van der Waals surface area contributed by atoms with Crippen LogP contribution in [0.4, 0.5) is 5.69 Å². The molecule has 0 aromatic heterocycles. The normalized spacial score (nSPS) is 12.6. The molecule has 0 aliphatic heterocycles. The standard InChI is InChI=1S/C15H24N2O/c1-9(2)6-12(5)17-15(18)13-8-14(16)11(4)7-10(13)3/h7-9,12H,6,16H2,1-5H3,(H,17,18). The van der Waals surface area contributed by atoms with Crippen LogP contribution in [0.2, 0.25) is 0 Å². The average Bonchev–Trinajstić information content (AvgIpc) is 2.21. The Bertz CT molecular complexity index is 438. The van der Waals surface area contributed by atoms with Gasteiger partial charge in [-0.2, -0.15) is 0 Å². The highest BCUT2D eigenvalue weighted by Crippen LogP contribution is 2.18. The molecule has 0 bridgehead atoms. The molecule has 0 saturated carbocycles. The molecule has 18 heavy (non-hydrogen) atoms. The molecule has 0 spiro atoms. The Labute approximate surface area is 110 Å². The predicted molar refractivity (Wildman–Crippen MR) is 76.7 cm³/mol. The van der Waals surface area contributed by atoms with Gasteiger partial charge in [0, 0.05) is 17.3 Å². The summed E-state index contributed by atoms with van der Waals surface area (Å²) in [6, 6.07) is 3.90. The van der Waals surface area contributed by atoms with Crippen LogP contribution in [-0.2, 0) is 0 Å². The number of anilines is 1. The van der Waals surface area contributed by atoms with Crippen molar-refractivity contribution in [1.29, 1.82) is 0 Å². The van der Waals surface area contributed by atoms with Crippen molar-refractivity contribution in [3.63, 3.8) is 0 Å². The summed E-state index contributed by atoms with van der Waals surface area (Å²) in [5, 5.41) is 3.02. The number of benzene rings is 1. The molecular formula is C15H24N2O. The van der Waals surface area contributed by atoms with Gasteiger partial charge in [0.25, 0.3) is 5.91 Å². The monoisotopic (exact) mass is 248 g/mol. The maximum Gasteiger partial charge on any atom is 0.251 e. The zero-order chi connectivity index (χ0) is 13.9. The van der Waals surface area contributed by atoms with Crippen LogP contribution >= 0.6 is 0 Å². The number of nitrogen functional groups attached to an aromatic ring is 1. The first-order valence-electron chi connectivity index (χ1n) is 6.48. The van der Waals surface area contributed by atoms with Crippen molar-refractivity contribution < 1.29 is 4.79 Å². The number of hydrogen-bond acceptors (Lipinski definition) is 2. The summed E-state index contributed by atoms with van der Waals surface area (Å²) in [5.74, 6) is 0.539. The zero-order valence-corrected chi connectivity index (χ0v) is 12.0. The van der Waals surface area contributed by atoms with Gasteiger partial charge in [-0.25, -0.2) is 0 Å². The topological polar surface area (TPSA) is 55.1 Å². The summed E-state index contributed by atoms with van der Waals surface area (Å²) in [6.07, 6.45) is 0.978. The van der Waals surface area contributed by atoms with Crippen molar-refractivity contribution in [3.8, 4) is 0 Å². The molecule has 0 aliphatic rings. The molecule has 1 atom stereocenters. The second kappa shape index (κ2) is 5.89. The molecule has 3 N–H and O–H groups in total. The second-order valence-corrected chi connectivity index (χ2v) is 5.53. The SMILES string of the molecule is Cc1cc(C)c(C(=O)NC(C)CC(C)C)cc1N. The van der Waals surface area contributed by atoms with Crippen molar-refractivity contribution in [3.05, 3.63) is 28.8 Å². The van der Waals surface area contributed by atoms with Gasteiger partial charge in [-0.1, -0.05) is 19.9 Å². The highest BCUT2D eigenvalue weighted by atomic mass is 16.1. The number of amides is 1. The lowest BCUT2D eigenvalue weighted by Gasteiger charge is -2.17. The summed E-state index contributed by atoms with van der Waals surface area (Å²) in [4.78, 5) is 12.2. The van der Waals surface area contributed by atoms with Gasteiger partial charge in [0.2, 0.25) is 0 Å². The minimum absolute atomic E-state index is 0.0349. The molecule has 0 saturated heterocycles. The van der Waals surface area contributed by atoms with Crippen molar-refractivity contribution >= 4 is 11.6 Å². The Hall–Kier alpha value is -1.51. The van der Waals surface area contributed by atoms with Gasteiger partial charge in [-0.05, 0) is 50.3 Å². The fraction of sp³-hybridized carbons (Fsp3) is 0.533. The molecule has 1 unspecified atom stereocenters. The quantitative estimate of drug-likeness (QED) is 0.805. The van der Waals surface area contributed by atoms with E-state index in [9.17, 15) is 4.79 Å². The molecular weight excluding hydrogens is 224 g/mol. The highest BCUT2D eigenvalue weighted by molar-refractivity contribution is 5.96. The van der Waals surface area contributed by atoms with Crippen molar-refractivity contribution in [2.24, 2.45) is 5.92 Å². The predicted octanol–water partition coefficient (Wildman–Crippen LogP) is 3.05. The van der Waals surface area contributed by atoms with Gasteiger partial charge < -0.3 is 11.1 Å². The first-order chi connectivity index (χ1) is 8.31. The fourth-order valence-corrected chi connectivity index (χ4v) is 2.18. The smallest absolute Gasteiger partial charge is 0.251 e. The lowest BCUT2D eigenvalue weighted by molar-refractivity contribution is 0.0935. The molecule has 1 amide bonds. The molecule has 1 aromatic carbocycles. The molecule has 1 aromatic rings. The van der Waals surface area contributed by atoms with Gasteiger partial charge >= 0.3 is 0 Å². The number of hydrogen-bond donors (Lipinski definition) is 2. The number of aryl methyl sites for hydroxylation is 2. The number of nitrogens with one attached hydrogen (secondary N) is 1. The molecule has 0 fully saturated rings. The maximum absolute atomic E-state index is 12.2. The van der Waals surface area contributed by atoms with Crippen LogP contribution in [-0.4, -0.2) is 11.9 Å². The van der Waals surface area contributed by atoms with Gasteiger partial charge in [0.05, 0.1) is 0 Å². The van der Waals surface area contributed by atoms with E-state index in [4.69, 9.17) is 5.73 Å². The van der Waals surface area contributed by atoms with Gasteiger partial charge in [-0.3, -0.25) is 4.79 Å². The van der Waals surface area contributed by atoms with E-state index in [1.165, 1.54) is 0 Å². The van der Waals surface area contributed by atoms with E-state index in [1.54, 1.807) is 6.07 Å². The Kier molecular flexibility index (Phi) is 4.76. The number of rotatable bonds is 4. The van der Waals surface area contributed by atoms with Crippen LogP contribution in [0, 0.1) is 19.8 Å². The number of nitrogens with two attached hydrogens (primary N) is 1. The number of carbonyl (C=O) groups excluding carboxylic acids is 1. The molecule has 1 rings (SSSR count). The third kappa shape index (κ3) is 3.76. The zero-order valence-electron chi connectivity index (χ0n) is 12.0. The van der Waals surface area contributed by atoms with Gasteiger partial charge in [0.15, 0.2) is 0 Å².